The van der Waals surface area contributed by atoms with Crippen molar-refractivity contribution in [1.29, 1.82) is 0 Å². The Hall–Kier alpha value is -3.52. The van der Waals surface area contributed by atoms with E-state index in [9.17, 15) is 14.7 Å². The molecule has 0 fully saturated rings. The number of β-amino-alcohol motifs (C(OH)–C–C–N with tert-alkyl or cyclic N) is 1. The van der Waals surface area contributed by atoms with Crippen molar-refractivity contribution < 1.29 is 28.5 Å². The summed E-state index contributed by atoms with van der Waals surface area (Å²) in [5.74, 6) is 0.717. The summed E-state index contributed by atoms with van der Waals surface area (Å²) in [5, 5.41) is 10.1. The molecule has 1 aromatic heterocycles. The Morgan fingerprint density at radius 1 is 1.00 bits per heavy atom. The van der Waals surface area contributed by atoms with E-state index in [1.54, 1.807) is 18.2 Å². The van der Waals surface area contributed by atoms with Gasteiger partial charge in [-0.25, -0.2) is 0 Å². The summed E-state index contributed by atoms with van der Waals surface area (Å²) in [4.78, 5) is 28.3. The van der Waals surface area contributed by atoms with Crippen molar-refractivity contribution in [1.82, 2.24) is 4.90 Å². The average molecular weight is 439 g/mol. The van der Waals surface area contributed by atoms with Crippen LogP contribution in [0.4, 0.5) is 0 Å². The van der Waals surface area contributed by atoms with Crippen molar-refractivity contribution in [3.8, 4) is 17.2 Å². The first-order chi connectivity index (χ1) is 15.4. The summed E-state index contributed by atoms with van der Waals surface area (Å²) in [6.45, 7) is 3.50. The smallest absolute Gasteiger partial charge is 0.290 e. The van der Waals surface area contributed by atoms with E-state index >= 15 is 0 Å². The maximum Gasteiger partial charge on any atom is 0.290 e. The fourth-order valence-electron chi connectivity index (χ4n) is 4.42. The lowest BCUT2D eigenvalue weighted by Crippen LogP contribution is -2.32. The second kappa shape index (κ2) is 8.20. The third-order valence-corrected chi connectivity index (χ3v) is 5.74. The fourth-order valence-corrected chi connectivity index (χ4v) is 4.42. The van der Waals surface area contributed by atoms with Gasteiger partial charge in [-0.1, -0.05) is 6.07 Å². The molecule has 1 aliphatic heterocycles. The molecular formula is C24H25NO7. The second-order valence-corrected chi connectivity index (χ2v) is 7.72. The molecule has 0 spiro atoms. The number of aryl methyl sites for hydroxylation is 2. The number of aliphatic hydroxyl groups excluding tert-OH is 1. The summed E-state index contributed by atoms with van der Waals surface area (Å²) < 4.78 is 22.3. The monoisotopic (exact) mass is 439 g/mol. The number of carbonyl (C=O) groups excluding carboxylic acids is 1. The maximum absolute atomic E-state index is 13.6. The van der Waals surface area contributed by atoms with Crippen molar-refractivity contribution in [2.75, 3.05) is 34.5 Å². The lowest BCUT2D eigenvalue weighted by Gasteiger charge is -2.25. The van der Waals surface area contributed by atoms with Gasteiger partial charge in [0.2, 0.25) is 11.5 Å². The van der Waals surface area contributed by atoms with Crippen LogP contribution in [0.5, 0.6) is 17.2 Å². The quantitative estimate of drug-likeness (QED) is 0.630. The van der Waals surface area contributed by atoms with Gasteiger partial charge in [-0.05, 0) is 48.7 Å². The molecule has 0 saturated heterocycles. The second-order valence-electron chi connectivity index (χ2n) is 7.72. The van der Waals surface area contributed by atoms with Gasteiger partial charge in [0, 0.05) is 6.54 Å². The van der Waals surface area contributed by atoms with E-state index in [4.69, 9.17) is 18.6 Å². The Bertz CT molecular complexity index is 1250. The highest BCUT2D eigenvalue weighted by Gasteiger charge is 2.43. The van der Waals surface area contributed by atoms with E-state index in [0.717, 1.165) is 11.1 Å². The van der Waals surface area contributed by atoms with Crippen molar-refractivity contribution in [3.63, 3.8) is 0 Å². The fraction of sp³-hybridized carbons (Fsp3) is 0.333. The largest absolute Gasteiger partial charge is 0.493 e. The average Bonchev–Trinajstić information content (AvgIpc) is 3.06. The maximum atomic E-state index is 13.6. The minimum Gasteiger partial charge on any atom is -0.493 e. The van der Waals surface area contributed by atoms with Gasteiger partial charge in [-0.15, -0.1) is 0 Å². The van der Waals surface area contributed by atoms with Crippen LogP contribution in [0.1, 0.15) is 38.9 Å². The standard InChI is InChI=1S/C24H25NO7/c1-12-8-13(2)21-15(9-12)20(27)18-19(25(6-7-26)24(28)23(18)32-21)14-10-16(29-3)22(31-5)17(11-14)30-4/h8-11,19,26H,6-7H2,1-5H3/t19-/m0/s1. The molecular weight excluding hydrogens is 414 g/mol. The van der Waals surface area contributed by atoms with Crippen LogP contribution in [-0.4, -0.2) is 50.4 Å². The van der Waals surface area contributed by atoms with E-state index in [0.29, 0.717) is 33.8 Å². The van der Waals surface area contributed by atoms with Crippen LogP contribution in [0.3, 0.4) is 0 Å². The molecule has 4 rings (SSSR count). The molecule has 8 nitrogen and oxygen atoms in total. The topological polar surface area (TPSA) is 98.4 Å². The first kappa shape index (κ1) is 21.7. The van der Waals surface area contributed by atoms with Gasteiger partial charge in [-0.3, -0.25) is 9.59 Å². The molecule has 1 N–H and O–H groups in total. The van der Waals surface area contributed by atoms with E-state index in [1.807, 2.05) is 19.9 Å². The molecule has 3 aromatic rings. The van der Waals surface area contributed by atoms with Gasteiger partial charge < -0.3 is 28.6 Å². The number of aliphatic hydroxyl groups is 1. The Morgan fingerprint density at radius 3 is 2.22 bits per heavy atom. The number of methoxy groups -OCH3 is 3. The van der Waals surface area contributed by atoms with Crippen LogP contribution in [0.15, 0.2) is 33.5 Å². The highest BCUT2D eigenvalue weighted by molar-refractivity contribution is 5.99. The van der Waals surface area contributed by atoms with Gasteiger partial charge in [0.15, 0.2) is 16.9 Å². The molecule has 0 bridgehead atoms. The number of ether oxygens (including phenoxy) is 3. The van der Waals surface area contributed by atoms with Crippen LogP contribution in [-0.2, 0) is 0 Å². The minimum absolute atomic E-state index is 0.0124. The molecule has 32 heavy (non-hydrogen) atoms. The number of fused-ring (bicyclic) bond motifs is 2. The van der Waals surface area contributed by atoms with Crippen molar-refractivity contribution in [2.45, 2.75) is 19.9 Å². The van der Waals surface area contributed by atoms with Crippen LogP contribution >= 0.6 is 0 Å². The number of benzene rings is 2. The SMILES string of the molecule is COc1cc([C@H]2c3c(oc4c(C)cc(C)cc4c3=O)C(=O)N2CCO)cc(OC)c1OC. The Labute approximate surface area is 184 Å². The summed E-state index contributed by atoms with van der Waals surface area (Å²) in [7, 11) is 4.49. The number of amides is 1. The lowest BCUT2D eigenvalue weighted by molar-refractivity contribution is 0.0691. The van der Waals surface area contributed by atoms with E-state index in [2.05, 4.69) is 0 Å². The molecule has 168 valence electrons. The molecule has 8 heteroatoms. The van der Waals surface area contributed by atoms with Crippen LogP contribution in [0.2, 0.25) is 0 Å². The molecule has 1 atom stereocenters. The van der Waals surface area contributed by atoms with E-state index in [-0.39, 0.29) is 29.9 Å². The minimum atomic E-state index is -0.778. The van der Waals surface area contributed by atoms with Crippen LogP contribution in [0.25, 0.3) is 11.0 Å². The van der Waals surface area contributed by atoms with E-state index in [1.165, 1.54) is 26.2 Å². The zero-order valence-electron chi connectivity index (χ0n) is 18.6. The zero-order chi connectivity index (χ0) is 23.2. The van der Waals surface area contributed by atoms with Crippen LogP contribution < -0.4 is 19.6 Å². The molecule has 2 heterocycles. The zero-order valence-corrected chi connectivity index (χ0v) is 18.6. The first-order valence-corrected chi connectivity index (χ1v) is 10.2. The molecule has 0 unspecified atom stereocenters. The third kappa shape index (κ3) is 3.18. The molecule has 2 aromatic carbocycles. The summed E-state index contributed by atoms with van der Waals surface area (Å²) >= 11 is 0. The third-order valence-electron chi connectivity index (χ3n) is 5.74. The highest BCUT2D eigenvalue weighted by atomic mass is 16.5. The predicted molar refractivity (Wildman–Crippen MR) is 118 cm³/mol. The van der Waals surface area contributed by atoms with Gasteiger partial charge in [-0.2, -0.15) is 0 Å². The summed E-state index contributed by atoms with van der Waals surface area (Å²) in [5.41, 5.74) is 2.62. The Kier molecular flexibility index (Phi) is 5.56. The number of carbonyl (C=O) groups is 1. The molecule has 0 radical (unpaired) electrons. The molecule has 0 saturated carbocycles. The lowest BCUT2D eigenvalue weighted by atomic mass is 9.96. The molecule has 1 amide bonds. The molecule has 1 aliphatic rings. The Balaban J connectivity index is 2.05. The van der Waals surface area contributed by atoms with Gasteiger partial charge >= 0.3 is 0 Å². The van der Waals surface area contributed by atoms with Gasteiger partial charge in [0.1, 0.15) is 5.58 Å². The summed E-state index contributed by atoms with van der Waals surface area (Å²) in [6, 6.07) is 6.28. The van der Waals surface area contributed by atoms with Gasteiger partial charge in [0.05, 0.1) is 44.9 Å². The normalized spacial score (nSPS) is 15.2. The van der Waals surface area contributed by atoms with Crippen molar-refractivity contribution in [2.24, 2.45) is 0 Å². The number of nitrogens with zero attached hydrogens (tertiary/aromatic N) is 1. The summed E-state index contributed by atoms with van der Waals surface area (Å²) in [6.07, 6.45) is 0. The van der Waals surface area contributed by atoms with Gasteiger partial charge in [0.25, 0.3) is 5.91 Å². The van der Waals surface area contributed by atoms with Crippen molar-refractivity contribution in [3.05, 3.63) is 62.5 Å². The van der Waals surface area contributed by atoms with E-state index < -0.39 is 11.9 Å². The number of hydrogen-bond acceptors (Lipinski definition) is 7. The number of rotatable bonds is 6. The predicted octanol–water partition coefficient (Wildman–Crippen LogP) is 2.97. The highest BCUT2D eigenvalue weighted by Crippen LogP contribution is 2.45. The van der Waals surface area contributed by atoms with Crippen LogP contribution in [0, 0.1) is 13.8 Å². The first-order valence-electron chi connectivity index (χ1n) is 10.2. The molecule has 0 aliphatic carbocycles. The number of hydrogen-bond donors (Lipinski definition) is 1. The van der Waals surface area contributed by atoms with Crippen molar-refractivity contribution >= 4 is 16.9 Å². The Morgan fingerprint density at radius 2 is 1.66 bits per heavy atom.